The number of phenols is 1. The predicted molar refractivity (Wildman–Crippen MR) is 79.7 cm³/mol. The van der Waals surface area contributed by atoms with Crippen molar-refractivity contribution in [3.8, 4) is 5.75 Å². The van der Waals surface area contributed by atoms with Crippen LogP contribution < -0.4 is 4.31 Å². The summed E-state index contributed by atoms with van der Waals surface area (Å²) in [7, 11) is -4.02. The van der Waals surface area contributed by atoms with Crippen LogP contribution in [-0.2, 0) is 10.0 Å². The van der Waals surface area contributed by atoms with E-state index in [1.54, 1.807) is 6.92 Å². The first-order chi connectivity index (χ1) is 9.86. The average molecular weight is 330 g/mol. The van der Waals surface area contributed by atoms with Crippen molar-refractivity contribution in [2.75, 3.05) is 10.8 Å². The molecule has 7 heteroatoms. The zero-order valence-electron chi connectivity index (χ0n) is 11.1. The van der Waals surface area contributed by atoms with Crippen LogP contribution in [0.4, 0.5) is 10.1 Å². The van der Waals surface area contributed by atoms with Gasteiger partial charge in [-0.2, -0.15) is 0 Å². The van der Waals surface area contributed by atoms with E-state index in [-0.39, 0.29) is 27.9 Å². The summed E-state index contributed by atoms with van der Waals surface area (Å²) in [5, 5.41) is 9.42. The molecule has 21 heavy (non-hydrogen) atoms. The Morgan fingerprint density at radius 1 is 1.24 bits per heavy atom. The molecule has 0 amide bonds. The number of aromatic hydroxyl groups is 1. The smallest absolute Gasteiger partial charge is 0.265 e. The van der Waals surface area contributed by atoms with Crippen LogP contribution in [0.25, 0.3) is 0 Å². The van der Waals surface area contributed by atoms with Gasteiger partial charge in [-0.3, -0.25) is 4.31 Å². The van der Waals surface area contributed by atoms with Gasteiger partial charge in [0.2, 0.25) is 0 Å². The second-order valence-corrected chi connectivity index (χ2v) is 6.50. The fourth-order valence-corrected chi connectivity index (χ4v) is 3.89. The summed E-state index contributed by atoms with van der Waals surface area (Å²) in [5.74, 6) is -0.753. The van der Waals surface area contributed by atoms with E-state index in [4.69, 9.17) is 11.6 Å². The van der Waals surface area contributed by atoms with Gasteiger partial charge in [0.1, 0.15) is 16.5 Å². The molecule has 0 saturated carbocycles. The van der Waals surface area contributed by atoms with Crippen molar-refractivity contribution in [3.05, 3.63) is 53.3 Å². The summed E-state index contributed by atoms with van der Waals surface area (Å²) >= 11 is 5.88. The Morgan fingerprint density at radius 2 is 1.95 bits per heavy atom. The van der Waals surface area contributed by atoms with Crippen LogP contribution in [0.1, 0.15) is 6.92 Å². The molecule has 0 saturated heterocycles. The maximum Gasteiger partial charge on any atom is 0.265 e. The number of anilines is 1. The molecule has 0 aliphatic heterocycles. The molecule has 0 spiro atoms. The van der Waals surface area contributed by atoms with Crippen LogP contribution in [0.3, 0.4) is 0 Å². The highest BCUT2D eigenvalue weighted by molar-refractivity contribution is 7.93. The summed E-state index contributed by atoms with van der Waals surface area (Å²) < 4.78 is 39.7. The Balaban J connectivity index is 2.57. The minimum atomic E-state index is -4.02. The molecular weight excluding hydrogens is 317 g/mol. The van der Waals surface area contributed by atoms with Gasteiger partial charge in [-0.15, -0.1) is 0 Å². The number of rotatable bonds is 4. The van der Waals surface area contributed by atoms with Crippen LogP contribution in [0, 0.1) is 5.82 Å². The lowest BCUT2D eigenvalue weighted by molar-refractivity contribution is 0.475. The minimum absolute atomic E-state index is 0.0602. The van der Waals surface area contributed by atoms with Crippen molar-refractivity contribution < 1.29 is 17.9 Å². The van der Waals surface area contributed by atoms with Crippen molar-refractivity contribution >= 4 is 27.3 Å². The third kappa shape index (κ3) is 3.11. The van der Waals surface area contributed by atoms with E-state index >= 15 is 0 Å². The van der Waals surface area contributed by atoms with Crippen LogP contribution in [0.2, 0.25) is 5.02 Å². The highest BCUT2D eigenvalue weighted by Crippen LogP contribution is 2.30. The first-order valence-electron chi connectivity index (χ1n) is 6.13. The van der Waals surface area contributed by atoms with Gasteiger partial charge in [0.05, 0.1) is 10.7 Å². The van der Waals surface area contributed by atoms with Gasteiger partial charge in [0.15, 0.2) is 0 Å². The molecule has 112 valence electrons. The number of sulfonamides is 1. The number of hydrogen-bond donors (Lipinski definition) is 1. The monoisotopic (exact) mass is 329 g/mol. The summed E-state index contributed by atoms with van der Waals surface area (Å²) in [4.78, 5) is -0.311. The van der Waals surface area contributed by atoms with Gasteiger partial charge in [0.25, 0.3) is 10.0 Å². The minimum Gasteiger partial charge on any atom is -0.508 e. The van der Waals surface area contributed by atoms with E-state index in [0.29, 0.717) is 0 Å². The van der Waals surface area contributed by atoms with Gasteiger partial charge >= 0.3 is 0 Å². The Bertz CT molecular complexity index is 765. The lowest BCUT2D eigenvalue weighted by Gasteiger charge is -2.23. The number of phenolic OH excluding ortho intramolecular Hbond substituents is 1. The second kappa shape index (κ2) is 5.91. The molecule has 0 atom stereocenters. The highest BCUT2D eigenvalue weighted by atomic mass is 35.5. The normalized spacial score (nSPS) is 11.4. The standard InChI is InChI=1S/C14H13ClFNO3S/c1-2-17(11-4-3-5-12(18)9-11)21(19,20)14-8-10(16)6-7-13(14)15/h3-9,18H,2H2,1H3. The van der Waals surface area contributed by atoms with E-state index in [9.17, 15) is 17.9 Å². The van der Waals surface area contributed by atoms with Gasteiger partial charge in [-0.05, 0) is 37.3 Å². The predicted octanol–water partition coefficient (Wildman–Crippen LogP) is 3.40. The fraction of sp³-hybridized carbons (Fsp3) is 0.143. The number of halogens is 2. The largest absolute Gasteiger partial charge is 0.508 e. The van der Waals surface area contributed by atoms with E-state index in [2.05, 4.69) is 0 Å². The molecule has 0 unspecified atom stereocenters. The first-order valence-corrected chi connectivity index (χ1v) is 7.95. The molecule has 0 aromatic heterocycles. The molecule has 0 heterocycles. The Kier molecular flexibility index (Phi) is 4.39. The van der Waals surface area contributed by atoms with Crippen molar-refractivity contribution in [1.82, 2.24) is 0 Å². The SMILES string of the molecule is CCN(c1cccc(O)c1)S(=O)(=O)c1cc(F)ccc1Cl. The summed E-state index contributed by atoms with van der Waals surface area (Å²) in [6, 6.07) is 8.96. The number of nitrogens with zero attached hydrogens (tertiary/aromatic N) is 1. The third-order valence-corrected chi connectivity index (χ3v) is 5.25. The van der Waals surface area contributed by atoms with Crippen LogP contribution in [0.15, 0.2) is 47.4 Å². The van der Waals surface area contributed by atoms with Crippen molar-refractivity contribution in [1.29, 1.82) is 0 Å². The zero-order chi connectivity index (χ0) is 15.6. The van der Waals surface area contributed by atoms with Crippen LogP contribution in [-0.4, -0.2) is 20.1 Å². The van der Waals surface area contributed by atoms with Crippen LogP contribution >= 0.6 is 11.6 Å². The first kappa shape index (κ1) is 15.6. The van der Waals surface area contributed by atoms with Crippen LogP contribution in [0.5, 0.6) is 5.75 Å². The van der Waals surface area contributed by atoms with E-state index in [0.717, 1.165) is 16.4 Å². The quantitative estimate of drug-likeness (QED) is 0.935. The Hall–Kier alpha value is -1.79. The maximum absolute atomic E-state index is 13.3. The molecule has 0 radical (unpaired) electrons. The summed E-state index contributed by atoms with van der Waals surface area (Å²) in [5.41, 5.74) is 0.276. The molecule has 0 bridgehead atoms. The lowest BCUT2D eigenvalue weighted by atomic mass is 10.3. The van der Waals surface area contributed by atoms with Gasteiger partial charge in [0, 0.05) is 12.6 Å². The van der Waals surface area contributed by atoms with Gasteiger partial charge < -0.3 is 5.11 Å². The van der Waals surface area contributed by atoms with Gasteiger partial charge in [-0.1, -0.05) is 17.7 Å². The molecule has 1 N–H and O–H groups in total. The van der Waals surface area contributed by atoms with Crippen molar-refractivity contribution in [2.45, 2.75) is 11.8 Å². The average Bonchev–Trinajstić information content (AvgIpc) is 2.42. The number of benzene rings is 2. The van der Waals surface area contributed by atoms with E-state index in [1.165, 1.54) is 30.3 Å². The summed E-state index contributed by atoms with van der Waals surface area (Å²) in [6.45, 7) is 1.74. The second-order valence-electron chi connectivity index (χ2n) is 4.26. The lowest BCUT2D eigenvalue weighted by Crippen LogP contribution is -2.31. The number of hydrogen-bond acceptors (Lipinski definition) is 3. The topological polar surface area (TPSA) is 57.6 Å². The molecule has 2 rings (SSSR count). The van der Waals surface area contributed by atoms with E-state index < -0.39 is 15.8 Å². The molecule has 2 aromatic carbocycles. The maximum atomic E-state index is 13.3. The molecule has 4 nitrogen and oxygen atoms in total. The summed E-state index contributed by atoms with van der Waals surface area (Å²) in [6.07, 6.45) is 0. The molecule has 0 aliphatic rings. The van der Waals surface area contributed by atoms with Crippen molar-refractivity contribution in [3.63, 3.8) is 0 Å². The Morgan fingerprint density at radius 3 is 2.57 bits per heavy atom. The fourth-order valence-electron chi connectivity index (χ4n) is 1.93. The third-order valence-electron chi connectivity index (χ3n) is 2.87. The van der Waals surface area contributed by atoms with Gasteiger partial charge in [-0.25, -0.2) is 12.8 Å². The van der Waals surface area contributed by atoms with E-state index in [1.807, 2.05) is 0 Å². The zero-order valence-corrected chi connectivity index (χ0v) is 12.7. The highest BCUT2D eigenvalue weighted by Gasteiger charge is 2.26. The molecular formula is C14H13ClFNO3S. The molecule has 2 aromatic rings. The molecule has 0 aliphatic carbocycles. The Labute approximate surface area is 127 Å². The molecule has 0 fully saturated rings. The van der Waals surface area contributed by atoms with Crippen molar-refractivity contribution in [2.24, 2.45) is 0 Å².